The van der Waals surface area contributed by atoms with Crippen LogP contribution in [0.5, 0.6) is 0 Å². The zero-order valence-electron chi connectivity index (χ0n) is 13.5. The molecule has 21 heavy (non-hydrogen) atoms. The van der Waals surface area contributed by atoms with Gasteiger partial charge in [-0.3, -0.25) is 0 Å². The topological polar surface area (TPSA) is 42.7 Å². The van der Waals surface area contributed by atoms with Crippen molar-refractivity contribution < 1.29 is 0 Å². The van der Waals surface area contributed by atoms with Crippen molar-refractivity contribution >= 4 is 5.69 Å². The number of anilines is 1. The molecule has 2 rings (SSSR count). The Morgan fingerprint density at radius 3 is 2.29 bits per heavy atom. The summed E-state index contributed by atoms with van der Waals surface area (Å²) in [5.74, 6) is 2.23. The lowest BCUT2D eigenvalue weighted by atomic mass is 9.95. The van der Waals surface area contributed by atoms with Gasteiger partial charge >= 0.3 is 0 Å². The molecule has 4 heteroatoms. The molecule has 4 nitrogen and oxygen atoms in total. The van der Waals surface area contributed by atoms with Crippen molar-refractivity contribution in [1.82, 2.24) is 14.8 Å². The highest BCUT2D eigenvalue weighted by molar-refractivity contribution is 5.44. The molecular formula is C17H26N4. The minimum atomic E-state index is 0.502. The molecule has 2 aromatic heterocycles. The molecule has 0 aliphatic carbocycles. The first-order valence-electron chi connectivity index (χ1n) is 7.77. The second kappa shape index (κ2) is 7.25. The highest BCUT2D eigenvalue weighted by Crippen LogP contribution is 2.19. The van der Waals surface area contributed by atoms with E-state index in [1.54, 1.807) is 10.9 Å². The van der Waals surface area contributed by atoms with Crippen LogP contribution in [0.15, 0.2) is 36.8 Å². The standard InChI is InChI=1S/C17H26N4/c1-13(2)10-16(11-14(3)4)20-15-6-7-17(18-12-15)21-9-5-8-19-21/h5-9,12-14,16,20H,10-11H2,1-4H3. The molecule has 0 aliphatic rings. The van der Waals surface area contributed by atoms with Crippen LogP contribution < -0.4 is 5.32 Å². The first kappa shape index (κ1) is 15.5. The lowest BCUT2D eigenvalue weighted by molar-refractivity contribution is 0.442. The molecule has 0 amide bonds. The molecular weight excluding hydrogens is 260 g/mol. The minimum absolute atomic E-state index is 0.502. The summed E-state index contributed by atoms with van der Waals surface area (Å²) in [6.07, 6.45) is 7.91. The van der Waals surface area contributed by atoms with Gasteiger partial charge in [-0.25, -0.2) is 9.67 Å². The molecule has 0 aromatic carbocycles. The van der Waals surface area contributed by atoms with Crippen molar-refractivity contribution in [3.63, 3.8) is 0 Å². The van der Waals surface area contributed by atoms with Gasteiger partial charge < -0.3 is 5.32 Å². The number of hydrogen-bond acceptors (Lipinski definition) is 3. The van der Waals surface area contributed by atoms with Gasteiger partial charge in [0.15, 0.2) is 5.82 Å². The van der Waals surface area contributed by atoms with E-state index in [4.69, 9.17) is 0 Å². The van der Waals surface area contributed by atoms with Gasteiger partial charge in [-0.2, -0.15) is 5.10 Å². The van der Waals surface area contributed by atoms with E-state index >= 15 is 0 Å². The molecule has 0 atom stereocenters. The molecule has 0 saturated carbocycles. The number of rotatable bonds is 7. The van der Waals surface area contributed by atoms with Crippen LogP contribution in [-0.2, 0) is 0 Å². The Morgan fingerprint density at radius 2 is 1.81 bits per heavy atom. The summed E-state index contributed by atoms with van der Waals surface area (Å²) in [6.45, 7) is 9.09. The van der Waals surface area contributed by atoms with Crippen LogP contribution in [-0.4, -0.2) is 20.8 Å². The fourth-order valence-electron chi connectivity index (χ4n) is 2.60. The van der Waals surface area contributed by atoms with E-state index < -0.39 is 0 Å². The summed E-state index contributed by atoms with van der Waals surface area (Å²) in [6, 6.07) is 6.48. The van der Waals surface area contributed by atoms with Crippen LogP contribution in [0.2, 0.25) is 0 Å². The van der Waals surface area contributed by atoms with Crippen LogP contribution in [0.4, 0.5) is 5.69 Å². The Bertz CT molecular complexity index is 504. The Hall–Kier alpha value is -1.84. The first-order valence-corrected chi connectivity index (χ1v) is 7.77. The van der Waals surface area contributed by atoms with Crippen molar-refractivity contribution in [3.8, 4) is 5.82 Å². The quantitative estimate of drug-likeness (QED) is 0.832. The molecule has 0 saturated heterocycles. The van der Waals surface area contributed by atoms with Crippen molar-refractivity contribution in [2.45, 2.75) is 46.6 Å². The number of nitrogens with zero attached hydrogens (tertiary/aromatic N) is 3. The lowest BCUT2D eigenvalue weighted by Crippen LogP contribution is -2.23. The second-order valence-electron chi connectivity index (χ2n) is 6.46. The maximum Gasteiger partial charge on any atom is 0.153 e. The summed E-state index contributed by atoms with van der Waals surface area (Å²) in [5, 5.41) is 7.81. The number of hydrogen-bond donors (Lipinski definition) is 1. The SMILES string of the molecule is CC(C)CC(CC(C)C)Nc1ccc(-n2cccn2)nc1. The normalized spacial score (nSPS) is 11.6. The fourth-order valence-corrected chi connectivity index (χ4v) is 2.60. The zero-order chi connectivity index (χ0) is 15.2. The van der Waals surface area contributed by atoms with Gasteiger partial charge in [-0.15, -0.1) is 0 Å². The summed E-state index contributed by atoms with van der Waals surface area (Å²) < 4.78 is 1.77. The van der Waals surface area contributed by atoms with Gasteiger partial charge in [-0.1, -0.05) is 27.7 Å². The second-order valence-corrected chi connectivity index (χ2v) is 6.46. The molecule has 0 bridgehead atoms. The monoisotopic (exact) mass is 286 g/mol. The van der Waals surface area contributed by atoms with E-state index in [1.165, 1.54) is 12.8 Å². The Labute approximate surface area is 127 Å². The van der Waals surface area contributed by atoms with Gasteiger partial charge in [0.1, 0.15) is 0 Å². The molecule has 0 unspecified atom stereocenters. The largest absolute Gasteiger partial charge is 0.381 e. The van der Waals surface area contributed by atoms with E-state index in [-0.39, 0.29) is 0 Å². The van der Waals surface area contributed by atoms with E-state index in [1.807, 2.05) is 24.5 Å². The average Bonchev–Trinajstić information content (AvgIpc) is 2.91. The van der Waals surface area contributed by atoms with Gasteiger partial charge in [-0.05, 0) is 42.9 Å². The first-order chi connectivity index (χ1) is 10.0. The predicted molar refractivity (Wildman–Crippen MR) is 87.7 cm³/mol. The van der Waals surface area contributed by atoms with Gasteiger partial charge in [0.25, 0.3) is 0 Å². The van der Waals surface area contributed by atoms with Crippen molar-refractivity contribution in [3.05, 3.63) is 36.8 Å². The molecule has 1 N–H and O–H groups in total. The van der Waals surface area contributed by atoms with E-state index in [0.717, 1.165) is 11.5 Å². The van der Waals surface area contributed by atoms with Crippen LogP contribution in [0.1, 0.15) is 40.5 Å². The Balaban J connectivity index is 2.03. The number of nitrogens with one attached hydrogen (secondary N) is 1. The van der Waals surface area contributed by atoms with E-state index in [9.17, 15) is 0 Å². The molecule has 114 valence electrons. The molecule has 2 aromatic rings. The third kappa shape index (κ3) is 4.88. The van der Waals surface area contributed by atoms with Crippen molar-refractivity contribution in [1.29, 1.82) is 0 Å². The van der Waals surface area contributed by atoms with Crippen LogP contribution >= 0.6 is 0 Å². The zero-order valence-corrected chi connectivity index (χ0v) is 13.5. The Kier molecular flexibility index (Phi) is 5.37. The van der Waals surface area contributed by atoms with Crippen LogP contribution in [0, 0.1) is 11.8 Å². The number of aromatic nitrogens is 3. The predicted octanol–water partition coefficient (Wildman–Crippen LogP) is 4.14. The molecule has 0 aliphatic heterocycles. The van der Waals surface area contributed by atoms with Crippen LogP contribution in [0.25, 0.3) is 5.82 Å². The third-order valence-electron chi connectivity index (χ3n) is 3.37. The van der Waals surface area contributed by atoms with Gasteiger partial charge in [0.2, 0.25) is 0 Å². The summed E-state index contributed by atoms with van der Waals surface area (Å²) in [5.41, 5.74) is 1.08. The molecule has 0 spiro atoms. The van der Waals surface area contributed by atoms with Gasteiger partial charge in [0.05, 0.1) is 11.9 Å². The van der Waals surface area contributed by atoms with Crippen LogP contribution in [0.3, 0.4) is 0 Å². The lowest BCUT2D eigenvalue weighted by Gasteiger charge is -2.23. The van der Waals surface area contributed by atoms with E-state index in [2.05, 4.69) is 49.2 Å². The average molecular weight is 286 g/mol. The highest BCUT2D eigenvalue weighted by Gasteiger charge is 2.13. The fraction of sp³-hybridized carbons (Fsp3) is 0.529. The Morgan fingerprint density at radius 1 is 1.10 bits per heavy atom. The summed E-state index contributed by atoms with van der Waals surface area (Å²) >= 11 is 0. The van der Waals surface area contributed by atoms with Crippen molar-refractivity contribution in [2.75, 3.05) is 5.32 Å². The maximum atomic E-state index is 4.47. The molecule has 2 heterocycles. The summed E-state index contributed by atoms with van der Waals surface area (Å²) in [7, 11) is 0. The summed E-state index contributed by atoms with van der Waals surface area (Å²) in [4.78, 5) is 4.47. The minimum Gasteiger partial charge on any atom is -0.381 e. The smallest absolute Gasteiger partial charge is 0.153 e. The third-order valence-corrected chi connectivity index (χ3v) is 3.37. The highest BCUT2D eigenvalue weighted by atomic mass is 15.3. The molecule has 0 radical (unpaired) electrons. The maximum absolute atomic E-state index is 4.47. The van der Waals surface area contributed by atoms with E-state index in [0.29, 0.717) is 17.9 Å². The molecule has 0 fully saturated rings. The van der Waals surface area contributed by atoms with Gasteiger partial charge in [0, 0.05) is 18.4 Å². The number of pyridine rings is 1. The van der Waals surface area contributed by atoms with Crippen molar-refractivity contribution in [2.24, 2.45) is 11.8 Å².